The minimum Gasteiger partial charge on any atom is -0.455 e. The third-order valence-corrected chi connectivity index (χ3v) is 3.09. The Morgan fingerprint density at radius 2 is 2.00 bits per heavy atom. The largest absolute Gasteiger partial charge is 0.455 e. The fourth-order valence-electron chi connectivity index (χ4n) is 2.11. The van der Waals surface area contributed by atoms with Gasteiger partial charge in [-0.05, 0) is 44.5 Å². The molecule has 0 saturated carbocycles. The van der Waals surface area contributed by atoms with E-state index < -0.39 is 6.04 Å². The second-order valence-electron chi connectivity index (χ2n) is 4.79. The molecule has 0 radical (unpaired) electrons. The Bertz CT molecular complexity index is 611. The van der Waals surface area contributed by atoms with Gasteiger partial charge >= 0.3 is 0 Å². The van der Waals surface area contributed by atoms with Crippen LogP contribution >= 0.6 is 0 Å². The standard InChI is InChI=1S/C16H19FN2O/c1-4-13-14(9-8-10(2)19-13)20-15-7-5-6-12(17)16(15)11(3)18/h5-9,11H,4,18H2,1-3H3/t11-/m1/s1. The number of benzene rings is 1. The summed E-state index contributed by atoms with van der Waals surface area (Å²) in [5, 5.41) is 0. The molecule has 0 aliphatic rings. The van der Waals surface area contributed by atoms with Gasteiger partial charge in [-0.25, -0.2) is 4.39 Å². The van der Waals surface area contributed by atoms with Crippen LogP contribution in [0.3, 0.4) is 0 Å². The lowest BCUT2D eigenvalue weighted by atomic mass is 10.1. The second kappa shape index (κ2) is 6.01. The van der Waals surface area contributed by atoms with Crippen molar-refractivity contribution in [2.24, 2.45) is 5.73 Å². The molecule has 0 aliphatic carbocycles. The highest BCUT2D eigenvalue weighted by molar-refractivity contribution is 5.41. The van der Waals surface area contributed by atoms with Crippen molar-refractivity contribution in [3.63, 3.8) is 0 Å². The molecular weight excluding hydrogens is 255 g/mol. The van der Waals surface area contributed by atoms with Crippen LogP contribution in [0.4, 0.5) is 4.39 Å². The zero-order valence-electron chi connectivity index (χ0n) is 12.0. The monoisotopic (exact) mass is 274 g/mol. The summed E-state index contributed by atoms with van der Waals surface area (Å²) in [6.45, 7) is 5.67. The van der Waals surface area contributed by atoms with E-state index in [4.69, 9.17) is 10.5 Å². The van der Waals surface area contributed by atoms with Gasteiger partial charge < -0.3 is 10.5 Å². The van der Waals surface area contributed by atoms with Crippen molar-refractivity contribution in [3.05, 3.63) is 53.1 Å². The van der Waals surface area contributed by atoms with Gasteiger partial charge in [0.15, 0.2) is 0 Å². The molecule has 2 N–H and O–H groups in total. The van der Waals surface area contributed by atoms with E-state index in [0.29, 0.717) is 17.1 Å². The van der Waals surface area contributed by atoms with E-state index in [1.54, 1.807) is 19.1 Å². The Morgan fingerprint density at radius 3 is 2.65 bits per heavy atom. The SMILES string of the molecule is CCc1nc(C)ccc1Oc1cccc(F)c1[C@@H](C)N. The molecule has 2 rings (SSSR count). The summed E-state index contributed by atoms with van der Waals surface area (Å²) in [4.78, 5) is 4.43. The van der Waals surface area contributed by atoms with Gasteiger partial charge in [-0.3, -0.25) is 4.98 Å². The first-order valence-electron chi connectivity index (χ1n) is 6.71. The molecule has 1 heterocycles. The van der Waals surface area contributed by atoms with E-state index in [9.17, 15) is 4.39 Å². The van der Waals surface area contributed by atoms with Gasteiger partial charge in [0, 0.05) is 17.3 Å². The van der Waals surface area contributed by atoms with Gasteiger partial charge in [0.1, 0.15) is 17.3 Å². The minimum atomic E-state index is -0.435. The predicted octanol–water partition coefficient (Wildman–Crippen LogP) is 3.90. The fourth-order valence-corrected chi connectivity index (χ4v) is 2.11. The molecule has 4 heteroatoms. The zero-order valence-corrected chi connectivity index (χ0v) is 12.0. The van der Waals surface area contributed by atoms with E-state index in [2.05, 4.69) is 4.98 Å². The van der Waals surface area contributed by atoms with E-state index in [-0.39, 0.29) is 5.82 Å². The molecule has 0 fully saturated rings. The topological polar surface area (TPSA) is 48.1 Å². The molecule has 3 nitrogen and oxygen atoms in total. The van der Waals surface area contributed by atoms with Crippen molar-refractivity contribution in [2.45, 2.75) is 33.2 Å². The molecule has 20 heavy (non-hydrogen) atoms. The number of nitrogens with two attached hydrogens (primary N) is 1. The summed E-state index contributed by atoms with van der Waals surface area (Å²) in [7, 11) is 0. The molecule has 2 aromatic rings. The fraction of sp³-hybridized carbons (Fsp3) is 0.312. The number of aromatic nitrogens is 1. The highest BCUT2D eigenvalue weighted by Gasteiger charge is 2.15. The summed E-state index contributed by atoms with van der Waals surface area (Å²) in [5.41, 5.74) is 8.00. The predicted molar refractivity (Wildman–Crippen MR) is 77.4 cm³/mol. The van der Waals surface area contributed by atoms with E-state index in [1.807, 2.05) is 26.0 Å². The number of ether oxygens (including phenoxy) is 1. The zero-order chi connectivity index (χ0) is 14.7. The summed E-state index contributed by atoms with van der Waals surface area (Å²) < 4.78 is 19.7. The maximum Gasteiger partial charge on any atom is 0.148 e. The molecule has 0 aliphatic heterocycles. The van der Waals surface area contributed by atoms with Crippen LogP contribution in [0.25, 0.3) is 0 Å². The van der Waals surface area contributed by atoms with Gasteiger partial charge in [-0.1, -0.05) is 13.0 Å². The van der Waals surface area contributed by atoms with Crippen LogP contribution in [0.15, 0.2) is 30.3 Å². The summed E-state index contributed by atoms with van der Waals surface area (Å²) in [5.74, 6) is 0.738. The Labute approximate surface area is 118 Å². The van der Waals surface area contributed by atoms with Crippen molar-refractivity contribution in [3.8, 4) is 11.5 Å². The highest BCUT2D eigenvalue weighted by Crippen LogP contribution is 2.32. The van der Waals surface area contributed by atoms with Gasteiger partial charge in [0.25, 0.3) is 0 Å². The molecule has 0 spiro atoms. The molecule has 0 saturated heterocycles. The maximum absolute atomic E-state index is 13.9. The average molecular weight is 274 g/mol. The Morgan fingerprint density at radius 1 is 1.25 bits per heavy atom. The van der Waals surface area contributed by atoms with Crippen LogP contribution in [0.5, 0.6) is 11.5 Å². The van der Waals surface area contributed by atoms with Crippen LogP contribution in [0.2, 0.25) is 0 Å². The Hall–Kier alpha value is -1.94. The first kappa shape index (κ1) is 14.5. The van der Waals surface area contributed by atoms with Gasteiger partial charge in [0.05, 0.1) is 5.69 Å². The molecule has 0 unspecified atom stereocenters. The van der Waals surface area contributed by atoms with Crippen molar-refractivity contribution in [2.75, 3.05) is 0 Å². The first-order chi connectivity index (χ1) is 9.52. The van der Waals surface area contributed by atoms with Gasteiger partial charge in [-0.15, -0.1) is 0 Å². The van der Waals surface area contributed by atoms with E-state index in [0.717, 1.165) is 17.8 Å². The number of hydrogen-bond donors (Lipinski definition) is 1. The van der Waals surface area contributed by atoms with Crippen LogP contribution in [-0.4, -0.2) is 4.98 Å². The van der Waals surface area contributed by atoms with Crippen LogP contribution < -0.4 is 10.5 Å². The molecular formula is C16H19FN2O. The number of aryl methyl sites for hydroxylation is 2. The van der Waals surface area contributed by atoms with Crippen molar-refractivity contribution >= 4 is 0 Å². The normalized spacial score (nSPS) is 12.2. The number of hydrogen-bond acceptors (Lipinski definition) is 3. The summed E-state index contributed by atoms with van der Waals surface area (Å²) >= 11 is 0. The number of pyridine rings is 1. The molecule has 1 aromatic carbocycles. The Balaban J connectivity index is 2.43. The smallest absolute Gasteiger partial charge is 0.148 e. The van der Waals surface area contributed by atoms with Gasteiger partial charge in [-0.2, -0.15) is 0 Å². The van der Waals surface area contributed by atoms with Crippen LogP contribution in [0.1, 0.15) is 36.8 Å². The molecule has 106 valence electrons. The minimum absolute atomic E-state index is 0.351. The van der Waals surface area contributed by atoms with Crippen molar-refractivity contribution in [1.82, 2.24) is 4.98 Å². The average Bonchev–Trinajstić information content (AvgIpc) is 2.40. The molecule has 0 amide bonds. The summed E-state index contributed by atoms with van der Waals surface area (Å²) in [6, 6.07) is 8.02. The lowest BCUT2D eigenvalue weighted by Crippen LogP contribution is -2.09. The van der Waals surface area contributed by atoms with Crippen molar-refractivity contribution in [1.29, 1.82) is 0 Å². The molecule has 1 aromatic heterocycles. The third-order valence-electron chi connectivity index (χ3n) is 3.09. The lowest BCUT2D eigenvalue weighted by molar-refractivity contribution is 0.453. The second-order valence-corrected chi connectivity index (χ2v) is 4.79. The van der Waals surface area contributed by atoms with Crippen LogP contribution in [-0.2, 0) is 6.42 Å². The Kier molecular flexibility index (Phi) is 4.35. The molecule has 1 atom stereocenters. The number of nitrogens with zero attached hydrogens (tertiary/aromatic N) is 1. The highest BCUT2D eigenvalue weighted by atomic mass is 19.1. The quantitative estimate of drug-likeness (QED) is 0.919. The maximum atomic E-state index is 13.9. The van der Waals surface area contributed by atoms with Crippen molar-refractivity contribution < 1.29 is 9.13 Å². The number of halogens is 1. The number of rotatable bonds is 4. The lowest BCUT2D eigenvalue weighted by Gasteiger charge is -2.16. The van der Waals surface area contributed by atoms with E-state index >= 15 is 0 Å². The molecule has 0 bridgehead atoms. The third kappa shape index (κ3) is 2.96. The van der Waals surface area contributed by atoms with E-state index in [1.165, 1.54) is 6.07 Å². The van der Waals surface area contributed by atoms with Gasteiger partial charge in [0.2, 0.25) is 0 Å². The van der Waals surface area contributed by atoms with Crippen LogP contribution in [0, 0.1) is 12.7 Å². The summed E-state index contributed by atoms with van der Waals surface area (Å²) in [6.07, 6.45) is 0.750. The first-order valence-corrected chi connectivity index (χ1v) is 6.71.